The number of piperazine rings is 1. The Labute approximate surface area is 276 Å². The Kier molecular flexibility index (Phi) is 9.34. The quantitative estimate of drug-likeness (QED) is 0.361. The Hall–Kier alpha value is -3.04. The number of alkyl halides is 3. The summed E-state index contributed by atoms with van der Waals surface area (Å²) in [5.41, 5.74) is -1.46. The molecule has 2 aliphatic heterocycles. The zero-order valence-electron chi connectivity index (χ0n) is 27.1. The molecule has 3 aromatic rings. The average Bonchev–Trinajstić information content (AvgIpc) is 2.93. The minimum Gasteiger partial charge on any atom is -0.444 e. The Morgan fingerprint density at radius 2 is 1.72 bits per heavy atom. The van der Waals surface area contributed by atoms with Crippen LogP contribution in [0.25, 0.3) is 10.9 Å². The molecule has 1 N–H and O–H groups in total. The first kappa shape index (κ1) is 35.3. The molecule has 1 amide bonds. The number of nitrogens with zero attached hydrogens (tertiary/aromatic N) is 5. The van der Waals surface area contributed by atoms with Gasteiger partial charge in [0.25, 0.3) is 5.56 Å². The molecule has 0 aliphatic carbocycles. The third-order valence-electron chi connectivity index (χ3n) is 8.77. The number of ether oxygens (including phenoxy) is 1. The summed E-state index contributed by atoms with van der Waals surface area (Å²) >= 11 is 6.19. The fourth-order valence-corrected chi connectivity index (χ4v) is 7.67. The molecule has 2 fully saturated rings. The van der Waals surface area contributed by atoms with Crippen LogP contribution < -0.4 is 5.56 Å². The predicted molar refractivity (Wildman–Crippen MR) is 176 cm³/mol. The molecular weight excluding hydrogens is 659 g/mol. The lowest BCUT2D eigenvalue weighted by atomic mass is 10.0. The zero-order chi connectivity index (χ0) is 34.6. The molecule has 0 unspecified atom stereocenters. The van der Waals surface area contributed by atoms with Crippen molar-refractivity contribution in [3.8, 4) is 0 Å². The van der Waals surface area contributed by atoms with Crippen molar-refractivity contribution < 1.29 is 31.5 Å². The van der Waals surface area contributed by atoms with Crippen LogP contribution >= 0.6 is 11.6 Å². The molecule has 0 saturated carbocycles. The average molecular weight is 700 g/mol. The normalized spacial score (nSPS) is 18.2. The lowest BCUT2D eigenvalue weighted by Gasteiger charge is -2.48. The largest absolute Gasteiger partial charge is 0.444 e. The molecule has 0 atom stereocenters. The van der Waals surface area contributed by atoms with Crippen molar-refractivity contribution in [1.82, 2.24) is 24.3 Å². The van der Waals surface area contributed by atoms with Gasteiger partial charge in [-0.15, -0.1) is 0 Å². The Morgan fingerprint density at radius 3 is 2.32 bits per heavy atom. The number of hydrogen-bond acceptors (Lipinski definition) is 7. The van der Waals surface area contributed by atoms with E-state index < -0.39 is 32.2 Å². The molecule has 2 aromatic carbocycles. The number of hydrogen-bond donors (Lipinski definition) is 1. The van der Waals surface area contributed by atoms with E-state index in [-0.39, 0.29) is 57.4 Å². The second-order valence-corrected chi connectivity index (χ2v) is 18.0. The highest BCUT2D eigenvalue weighted by molar-refractivity contribution is 8.14. The Bertz CT molecular complexity index is 1810. The molecule has 5 rings (SSSR count). The van der Waals surface area contributed by atoms with Crippen molar-refractivity contribution in [3.63, 3.8) is 0 Å². The van der Waals surface area contributed by atoms with E-state index in [2.05, 4.69) is 9.88 Å². The van der Waals surface area contributed by atoms with Gasteiger partial charge in [-0.2, -0.15) is 22.5 Å². The van der Waals surface area contributed by atoms with Crippen LogP contribution in [0.15, 0.2) is 46.3 Å². The fraction of sp³-hybridized carbons (Fsp3) is 0.531. The number of carbonyl (C=O) groups is 1. The number of likely N-dealkylation sites (tertiary alicyclic amines) is 1. The van der Waals surface area contributed by atoms with Crippen LogP contribution in [-0.2, 0) is 33.3 Å². The molecule has 2 saturated heterocycles. The van der Waals surface area contributed by atoms with Gasteiger partial charge in [0.05, 0.1) is 34.2 Å². The topological polar surface area (TPSA) is 108 Å². The summed E-state index contributed by atoms with van der Waals surface area (Å²) in [4.78, 5) is 36.5. The minimum atomic E-state index is -4.70. The van der Waals surface area contributed by atoms with E-state index >= 15 is 0 Å². The van der Waals surface area contributed by atoms with Gasteiger partial charge in [-0.1, -0.05) is 11.6 Å². The number of fused-ring (bicyclic) bond motifs is 1. The van der Waals surface area contributed by atoms with E-state index in [9.17, 15) is 31.5 Å². The summed E-state index contributed by atoms with van der Waals surface area (Å²) in [6, 6.07) is 6.47. The second kappa shape index (κ2) is 12.4. The van der Waals surface area contributed by atoms with Gasteiger partial charge in [0.2, 0.25) is 0 Å². The zero-order valence-corrected chi connectivity index (χ0v) is 28.7. The summed E-state index contributed by atoms with van der Waals surface area (Å²) in [5.74, 6) is -0.0750. The van der Waals surface area contributed by atoms with Gasteiger partial charge in [0.15, 0.2) is 0 Å². The Morgan fingerprint density at radius 1 is 1.06 bits per heavy atom. The Balaban J connectivity index is 1.36. The summed E-state index contributed by atoms with van der Waals surface area (Å²) < 4.78 is 73.1. The summed E-state index contributed by atoms with van der Waals surface area (Å²) in [6.07, 6.45) is -2.55. The standard InChI is InChI=1S/C32H41ClF3N5O5S/c1-6-47(5,44,45)27-8-7-24(33)14-21(27)17-41-20-37-28-22(13-23(32(34,35)36)15-26(28)29(41)42)16-38-9-11-39(12-10-38)25-18-40(19-25)30(43)46-31(2,3)4/h7-8,13-15,20,25H,6,9-12,16-19H2,1-5H3,(H,44,45). The van der Waals surface area contributed by atoms with Crippen LogP contribution in [0.2, 0.25) is 5.02 Å². The number of amides is 1. The van der Waals surface area contributed by atoms with Gasteiger partial charge in [-0.05, 0) is 69.2 Å². The number of halogens is 4. The van der Waals surface area contributed by atoms with Crippen LogP contribution in [0.4, 0.5) is 18.0 Å². The van der Waals surface area contributed by atoms with Gasteiger partial charge < -0.3 is 9.64 Å². The molecule has 0 spiro atoms. The third kappa shape index (κ3) is 7.83. The first-order valence-corrected chi connectivity index (χ1v) is 18.3. The van der Waals surface area contributed by atoms with Crippen molar-refractivity contribution >= 4 is 37.9 Å². The highest BCUT2D eigenvalue weighted by Gasteiger charge is 2.38. The van der Waals surface area contributed by atoms with Crippen molar-refractivity contribution in [2.45, 2.75) is 63.5 Å². The number of benzene rings is 2. The lowest BCUT2D eigenvalue weighted by molar-refractivity contribution is -0.137. The molecule has 47 heavy (non-hydrogen) atoms. The van der Waals surface area contributed by atoms with Crippen molar-refractivity contribution in [2.75, 3.05) is 51.3 Å². The second-order valence-electron chi connectivity index (χ2n) is 13.6. The minimum absolute atomic E-state index is 0.0750. The molecular formula is C32H41ClF3N5O5S. The van der Waals surface area contributed by atoms with E-state index in [1.807, 2.05) is 25.7 Å². The maximum absolute atomic E-state index is 14.1. The van der Waals surface area contributed by atoms with Gasteiger partial charge in [-0.25, -0.2) is 14.0 Å². The maximum atomic E-state index is 14.1. The molecule has 1 aromatic heterocycles. The van der Waals surface area contributed by atoms with Crippen LogP contribution in [0.5, 0.6) is 0 Å². The third-order valence-corrected chi connectivity index (χ3v) is 11.9. The monoisotopic (exact) mass is 699 g/mol. The number of aromatic nitrogens is 2. The van der Waals surface area contributed by atoms with Gasteiger partial charge in [0.1, 0.15) is 5.60 Å². The van der Waals surface area contributed by atoms with Crippen molar-refractivity contribution in [1.29, 1.82) is 0 Å². The summed E-state index contributed by atoms with van der Waals surface area (Å²) in [5, 5.41) is 0.0917. The SMILES string of the molecule is CCS(C)(=O)(O)c1ccc(Cl)cc1Cn1cnc2c(CN3CCN(C4CN(C(=O)OC(C)(C)C)C4)CC3)cc(C(F)(F)F)cc2c1=O. The summed E-state index contributed by atoms with van der Waals surface area (Å²) in [6.45, 7) is 10.6. The van der Waals surface area contributed by atoms with Crippen LogP contribution in [-0.4, -0.2) is 102 Å². The predicted octanol–water partition coefficient (Wildman–Crippen LogP) is 5.16. The van der Waals surface area contributed by atoms with Gasteiger partial charge in [-0.3, -0.25) is 23.7 Å². The maximum Gasteiger partial charge on any atom is 0.416 e. The first-order valence-electron chi connectivity index (χ1n) is 15.4. The molecule has 0 bridgehead atoms. The van der Waals surface area contributed by atoms with Crippen LogP contribution in [0, 0.1) is 0 Å². The van der Waals surface area contributed by atoms with Gasteiger partial charge in [0, 0.05) is 68.9 Å². The molecule has 258 valence electrons. The van der Waals surface area contributed by atoms with Crippen molar-refractivity contribution in [3.05, 3.63) is 68.7 Å². The van der Waals surface area contributed by atoms with Gasteiger partial charge >= 0.3 is 12.3 Å². The van der Waals surface area contributed by atoms with E-state index in [0.717, 1.165) is 16.7 Å². The van der Waals surface area contributed by atoms with E-state index in [4.69, 9.17) is 16.3 Å². The van der Waals surface area contributed by atoms with E-state index in [1.54, 1.807) is 11.8 Å². The van der Waals surface area contributed by atoms with E-state index in [0.29, 0.717) is 44.8 Å². The fourth-order valence-electron chi connectivity index (χ4n) is 5.95. The van der Waals surface area contributed by atoms with E-state index in [1.165, 1.54) is 30.8 Å². The van der Waals surface area contributed by atoms with Crippen LogP contribution in [0.1, 0.15) is 44.4 Å². The smallest absolute Gasteiger partial charge is 0.416 e. The molecule has 2 aliphatic rings. The lowest BCUT2D eigenvalue weighted by Crippen LogP contribution is -2.64. The first-order chi connectivity index (χ1) is 21.7. The molecule has 10 nitrogen and oxygen atoms in total. The molecule has 3 heterocycles. The highest BCUT2D eigenvalue weighted by atomic mass is 35.5. The number of rotatable bonds is 7. The molecule has 0 radical (unpaired) electrons. The summed E-state index contributed by atoms with van der Waals surface area (Å²) in [7, 11) is -4.27. The number of carbonyl (C=O) groups excluding carboxylic acids is 1. The van der Waals surface area contributed by atoms with Crippen molar-refractivity contribution in [2.24, 2.45) is 0 Å². The van der Waals surface area contributed by atoms with Crippen LogP contribution in [0.3, 0.4) is 0 Å². The molecule has 15 heteroatoms. The highest BCUT2D eigenvalue weighted by Crippen LogP contribution is 2.35.